The predicted molar refractivity (Wildman–Crippen MR) is 134 cm³/mol. The molecule has 0 aromatic heterocycles. The lowest BCUT2D eigenvalue weighted by atomic mass is 10.1. The largest absolute Gasteiger partial charge is 0.493 e. The highest BCUT2D eigenvalue weighted by atomic mass is 16.5. The standard InChI is InChI=1S/C29H26N2O3/c32-28(24-15-17-25(18-16-24)34-20-19-22-9-3-1-4-10-22)31-27-14-8-7-13-26(27)29(33)30-21-23-11-5-2-6-12-23/h1-18H,19-21H2,(H,30,33)(H,31,32). The summed E-state index contributed by atoms with van der Waals surface area (Å²) in [6.45, 7) is 0.967. The van der Waals surface area contributed by atoms with E-state index in [1.54, 1.807) is 48.5 Å². The summed E-state index contributed by atoms with van der Waals surface area (Å²) >= 11 is 0. The third-order valence-corrected chi connectivity index (χ3v) is 5.33. The van der Waals surface area contributed by atoms with Gasteiger partial charge in [-0.25, -0.2) is 0 Å². The molecule has 2 N–H and O–H groups in total. The molecule has 0 bridgehead atoms. The highest BCUT2D eigenvalue weighted by molar-refractivity contribution is 6.09. The van der Waals surface area contributed by atoms with E-state index in [-0.39, 0.29) is 11.8 Å². The Balaban J connectivity index is 1.33. The van der Waals surface area contributed by atoms with Crippen LogP contribution in [0.2, 0.25) is 0 Å². The lowest BCUT2D eigenvalue weighted by molar-refractivity contribution is 0.0952. The molecule has 5 heteroatoms. The van der Waals surface area contributed by atoms with Gasteiger partial charge >= 0.3 is 0 Å². The normalized spacial score (nSPS) is 10.4. The molecule has 0 aliphatic rings. The minimum absolute atomic E-state index is 0.248. The van der Waals surface area contributed by atoms with Gasteiger partial charge in [-0.05, 0) is 47.5 Å². The summed E-state index contributed by atoms with van der Waals surface area (Å²) in [5, 5.41) is 5.75. The zero-order chi connectivity index (χ0) is 23.6. The van der Waals surface area contributed by atoms with E-state index in [0.717, 1.165) is 12.0 Å². The molecule has 0 saturated carbocycles. The van der Waals surface area contributed by atoms with Gasteiger partial charge in [0, 0.05) is 18.5 Å². The fourth-order valence-corrected chi connectivity index (χ4v) is 3.49. The number of benzene rings is 4. The Kier molecular flexibility index (Phi) is 7.70. The molecule has 0 atom stereocenters. The van der Waals surface area contributed by atoms with Crippen molar-refractivity contribution in [3.8, 4) is 5.75 Å². The number of carbonyl (C=O) groups excluding carboxylic acids is 2. The van der Waals surface area contributed by atoms with Gasteiger partial charge in [-0.1, -0.05) is 72.8 Å². The molecule has 0 spiro atoms. The van der Waals surface area contributed by atoms with Crippen molar-refractivity contribution >= 4 is 17.5 Å². The number of ether oxygens (including phenoxy) is 1. The van der Waals surface area contributed by atoms with Gasteiger partial charge in [-0.15, -0.1) is 0 Å². The Morgan fingerprint density at radius 2 is 1.26 bits per heavy atom. The molecule has 0 heterocycles. The van der Waals surface area contributed by atoms with E-state index in [4.69, 9.17) is 4.74 Å². The van der Waals surface area contributed by atoms with E-state index in [9.17, 15) is 9.59 Å². The van der Waals surface area contributed by atoms with Crippen molar-refractivity contribution in [3.05, 3.63) is 131 Å². The third kappa shape index (κ3) is 6.33. The van der Waals surface area contributed by atoms with Gasteiger partial charge in [0.2, 0.25) is 0 Å². The van der Waals surface area contributed by atoms with Crippen LogP contribution in [0.15, 0.2) is 109 Å². The van der Waals surface area contributed by atoms with Crippen LogP contribution >= 0.6 is 0 Å². The van der Waals surface area contributed by atoms with E-state index in [1.807, 2.05) is 48.5 Å². The maximum atomic E-state index is 12.8. The summed E-state index contributed by atoms with van der Waals surface area (Å²) in [6.07, 6.45) is 0.812. The molecule has 0 aliphatic carbocycles. The van der Waals surface area contributed by atoms with Crippen molar-refractivity contribution in [1.29, 1.82) is 0 Å². The summed E-state index contributed by atoms with van der Waals surface area (Å²) < 4.78 is 5.79. The van der Waals surface area contributed by atoms with Crippen LogP contribution in [0.1, 0.15) is 31.8 Å². The SMILES string of the molecule is O=C(Nc1ccccc1C(=O)NCc1ccccc1)c1ccc(OCCc2ccccc2)cc1. The van der Waals surface area contributed by atoms with Gasteiger partial charge < -0.3 is 15.4 Å². The maximum Gasteiger partial charge on any atom is 0.255 e. The van der Waals surface area contributed by atoms with Gasteiger partial charge in [0.15, 0.2) is 0 Å². The van der Waals surface area contributed by atoms with Crippen LogP contribution in [0.3, 0.4) is 0 Å². The van der Waals surface area contributed by atoms with Gasteiger partial charge in [0.25, 0.3) is 11.8 Å². The van der Waals surface area contributed by atoms with Crippen molar-refractivity contribution in [2.45, 2.75) is 13.0 Å². The number of amides is 2. The molecule has 4 rings (SSSR count). The van der Waals surface area contributed by atoms with Crippen LogP contribution in [-0.2, 0) is 13.0 Å². The molecular formula is C29H26N2O3. The first-order chi connectivity index (χ1) is 16.7. The van der Waals surface area contributed by atoms with Crippen LogP contribution in [0, 0.1) is 0 Å². The highest BCUT2D eigenvalue weighted by Crippen LogP contribution is 2.18. The molecular weight excluding hydrogens is 424 g/mol. The average molecular weight is 451 g/mol. The number of nitrogens with one attached hydrogen (secondary N) is 2. The van der Waals surface area contributed by atoms with Crippen LogP contribution in [-0.4, -0.2) is 18.4 Å². The number of rotatable bonds is 9. The fourth-order valence-electron chi connectivity index (χ4n) is 3.49. The summed E-state index contributed by atoms with van der Waals surface area (Å²) in [5.74, 6) is 0.161. The van der Waals surface area contributed by atoms with Gasteiger partial charge in [-0.2, -0.15) is 0 Å². The van der Waals surface area contributed by atoms with Gasteiger partial charge in [-0.3, -0.25) is 9.59 Å². The summed E-state index contributed by atoms with van der Waals surface area (Å²) in [6, 6.07) is 33.8. The van der Waals surface area contributed by atoms with Crippen LogP contribution in [0.4, 0.5) is 5.69 Å². The number of hydrogen-bond donors (Lipinski definition) is 2. The molecule has 5 nitrogen and oxygen atoms in total. The van der Waals surface area contributed by atoms with E-state index in [1.165, 1.54) is 5.56 Å². The van der Waals surface area contributed by atoms with E-state index < -0.39 is 0 Å². The summed E-state index contributed by atoms with van der Waals surface area (Å²) in [4.78, 5) is 25.5. The molecule has 4 aromatic rings. The Hall–Kier alpha value is -4.38. The lowest BCUT2D eigenvalue weighted by Gasteiger charge is -2.12. The molecule has 34 heavy (non-hydrogen) atoms. The average Bonchev–Trinajstić information content (AvgIpc) is 2.89. The Labute approximate surface area is 199 Å². The molecule has 0 fully saturated rings. The summed E-state index contributed by atoms with van der Waals surface area (Å²) in [7, 11) is 0. The zero-order valence-electron chi connectivity index (χ0n) is 18.7. The van der Waals surface area contributed by atoms with Crippen LogP contribution in [0.5, 0.6) is 5.75 Å². The monoisotopic (exact) mass is 450 g/mol. The summed E-state index contributed by atoms with van der Waals surface area (Å²) in [5.41, 5.74) is 3.57. The van der Waals surface area contributed by atoms with Crippen molar-refractivity contribution in [2.24, 2.45) is 0 Å². The van der Waals surface area contributed by atoms with Crippen molar-refractivity contribution in [3.63, 3.8) is 0 Å². The lowest BCUT2D eigenvalue weighted by Crippen LogP contribution is -2.24. The number of carbonyl (C=O) groups is 2. The molecule has 2 amide bonds. The first kappa shape index (κ1) is 22.8. The number of anilines is 1. The van der Waals surface area contributed by atoms with Gasteiger partial charge in [0.1, 0.15) is 5.75 Å². The highest BCUT2D eigenvalue weighted by Gasteiger charge is 2.14. The molecule has 0 unspecified atom stereocenters. The zero-order valence-corrected chi connectivity index (χ0v) is 18.7. The minimum Gasteiger partial charge on any atom is -0.493 e. The molecule has 170 valence electrons. The first-order valence-corrected chi connectivity index (χ1v) is 11.2. The number of para-hydroxylation sites is 1. The second-order valence-corrected chi connectivity index (χ2v) is 7.78. The predicted octanol–water partition coefficient (Wildman–Crippen LogP) is 5.49. The maximum absolute atomic E-state index is 12.8. The smallest absolute Gasteiger partial charge is 0.255 e. The molecule has 0 radical (unpaired) electrons. The minimum atomic E-state index is -0.292. The van der Waals surface area contributed by atoms with Crippen LogP contribution < -0.4 is 15.4 Å². The van der Waals surface area contributed by atoms with Crippen LogP contribution in [0.25, 0.3) is 0 Å². The number of hydrogen-bond acceptors (Lipinski definition) is 3. The van der Waals surface area contributed by atoms with E-state index >= 15 is 0 Å². The quantitative estimate of drug-likeness (QED) is 0.354. The molecule has 0 aliphatic heterocycles. The Bertz CT molecular complexity index is 1220. The van der Waals surface area contributed by atoms with Crippen molar-refractivity contribution in [1.82, 2.24) is 5.32 Å². The first-order valence-electron chi connectivity index (χ1n) is 11.2. The van der Waals surface area contributed by atoms with Crippen molar-refractivity contribution in [2.75, 3.05) is 11.9 Å². The van der Waals surface area contributed by atoms with Gasteiger partial charge in [0.05, 0.1) is 17.9 Å². The second-order valence-electron chi connectivity index (χ2n) is 7.78. The molecule has 0 saturated heterocycles. The topological polar surface area (TPSA) is 67.4 Å². The molecule has 4 aromatic carbocycles. The van der Waals surface area contributed by atoms with E-state index in [0.29, 0.717) is 35.7 Å². The van der Waals surface area contributed by atoms with E-state index in [2.05, 4.69) is 22.8 Å². The Morgan fingerprint density at radius 1 is 0.647 bits per heavy atom. The Morgan fingerprint density at radius 3 is 1.97 bits per heavy atom. The fraction of sp³-hybridized carbons (Fsp3) is 0.103. The third-order valence-electron chi connectivity index (χ3n) is 5.33. The second kappa shape index (κ2) is 11.5. The van der Waals surface area contributed by atoms with Crippen molar-refractivity contribution < 1.29 is 14.3 Å².